The SMILES string of the molecule is CC[C@H]1C[NH2+]CCN1. The molecule has 0 aromatic heterocycles. The molecule has 1 atom stereocenters. The zero-order valence-corrected chi connectivity index (χ0v) is 5.48. The van der Waals surface area contributed by atoms with E-state index in [-0.39, 0.29) is 0 Å². The van der Waals surface area contributed by atoms with Crippen LogP contribution >= 0.6 is 0 Å². The molecule has 0 amide bonds. The van der Waals surface area contributed by atoms with Crippen molar-refractivity contribution in [3.63, 3.8) is 0 Å². The van der Waals surface area contributed by atoms with Crippen molar-refractivity contribution in [2.24, 2.45) is 0 Å². The molecule has 0 aromatic carbocycles. The minimum absolute atomic E-state index is 0.781. The Hall–Kier alpha value is -0.0800. The molecule has 1 rings (SSSR count). The van der Waals surface area contributed by atoms with Crippen molar-refractivity contribution in [3.8, 4) is 0 Å². The van der Waals surface area contributed by atoms with Crippen LogP contribution in [0.5, 0.6) is 0 Å². The van der Waals surface area contributed by atoms with Gasteiger partial charge >= 0.3 is 0 Å². The zero-order valence-electron chi connectivity index (χ0n) is 5.48. The highest BCUT2D eigenvalue weighted by Gasteiger charge is 2.10. The maximum atomic E-state index is 3.44. The van der Waals surface area contributed by atoms with Crippen LogP contribution in [0.15, 0.2) is 0 Å². The highest BCUT2D eigenvalue weighted by molar-refractivity contribution is 4.63. The van der Waals surface area contributed by atoms with Gasteiger partial charge in [0, 0.05) is 6.54 Å². The summed E-state index contributed by atoms with van der Waals surface area (Å²) in [6, 6.07) is 0.781. The third-order valence-electron chi connectivity index (χ3n) is 1.73. The average molecular weight is 115 g/mol. The summed E-state index contributed by atoms with van der Waals surface area (Å²) in [5.41, 5.74) is 0. The topological polar surface area (TPSA) is 28.6 Å². The van der Waals surface area contributed by atoms with Crippen molar-refractivity contribution in [2.75, 3.05) is 19.6 Å². The smallest absolute Gasteiger partial charge is 0.0911 e. The summed E-state index contributed by atoms with van der Waals surface area (Å²) < 4.78 is 0. The van der Waals surface area contributed by atoms with E-state index in [0.29, 0.717) is 0 Å². The molecule has 8 heavy (non-hydrogen) atoms. The molecule has 1 aliphatic heterocycles. The average Bonchev–Trinajstić information content (AvgIpc) is 1.90. The highest BCUT2D eigenvalue weighted by atomic mass is 15.0. The molecule has 0 aliphatic carbocycles. The lowest BCUT2D eigenvalue weighted by atomic mass is 10.2. The second kappa shape index (κ2) is 3.05. The molecule has 0 radical (unpaired) electrons. The standard InChI is InChI=1S/C6H14N2/c1-2-6-5-7-3-4-8-6/h6-8H,2-5H2,1H3/p+1/t6-/m0/s1. The van der Waals surface area contributed by atoms with Crippen LogP contribution in [0.2, 0.25) is 0 Å². The van der Waals surface area contributed by atoms with E-state index >= 15 is 0 Å². The number of hydrogen-bond donors (Lipinski definition) is 2. The third kappa shape index (κ3) is 1.46. The molecule has 0 unspecified atom stereocenters. The van der Waals surface area contributed by atoms with Gasteiger partial charge in [0.1, 0.15) is 0 Å². The van der Waals surface area contributed by atoms with Crippen LogP contribution in [0, 0.1) is 0 Å². The molecule has 1 heterocycles. The van der Waals surface area contributed by atoms with Crippen molar-refractivity contribution in [2.45, 2.75) is 19.4 Å². The summed E-state index contributed by atoms with van der Waals surface area (Å²) in [5.74, 6) is 0. The minimum atomic E-state index is 0.781. The minimum Gasteiger partial charge on any atom is -0.344 e. The Morgan fingerprint density at radius 3 is 3.00 bits per heavy atom. The van der Waals surface area contributed by atoms with Crippen LogP contribution in [0.25, 0.3) is 0 Å². The fourth-order valence-electron chi connectivity index (χ4n) is 1.10. The van der Waals surface area contributed by atoms with Crippen molar-refractivity contribution in [1.82, 2.24) is 5.32 Å². The molecular formula is C6H15N2+. The lowest BCUT2D eigenvalue weighted by Gasteiger charge is -2.19. The van der Waals surface area contributed by atoms with Crippen LogP contribution in [0.3, 0.4) is 0 Å². The number of quaternary nitrogens is 1. The summed E-state index contributed by atoms with van der Waals surface area (Å²) in [7, 11) is 0. The molecule has 1 fully saturated rings. The number of hydrogen-bond acceptors (Lipinski definition) is 1. The van der Waals surface area contributed by atoms with Gasteiger partial charge in [-0.1, -0.05) is 6.92 Å². The summed E-state index contributed by atoms with van der Waals surface area (Å²) >= 11 is 0. The Kier molecular flexibility index (Phi) is 2.30. The first kappa shape index (κ1) is 6.05. The monoisotopic (exact) mass is 115 g/mol. The third-order valence-corrected chi connectivity index (χ3v) is 1.73. The van der Waals surface area contributed by atoms with Gasteiger partial charge in [0.2, 0.25) is 0 Å². The predicted octanol–water partition coefficient (Wildman–Crippen LogP) is -1.07. The van der Waals surface area contributed by atoms with Crippen molar-refractivity contribution >= 4 is 0 Å². The van der Waals surface area contributed by atoms with E-state index in [4.69, 9.17) is 0 Å². The van der Waals surface area contributed by atoms with Gasteiger partial charge in [0.15, 0.2) is 0 Å². The molecule has 2 heteroatoms. The van der Waals surface area contributed by atoms with E-state index in [0.717, 1.165) is 6.04 Å². The second-order valence-corrected chi connectivity index (χ2v) is 2.37. The van der Waals surface area contributed by atoms with Crippen molar-refractivity contribution < 1.29 is 5.32 Å². The van der Waals surface area contributed by atoms with E-state index in [2.05, 4.69) is 17.6 Å². The first-order valence-corrected chi connectivity index (χ1v) is 3.48. The fraction of sp³-hybridized carbons (Fsp3) is 1.00. The largest absolute Gasteiger partial charge is 0.344 e. The van der Waals surface area contributed by atoms with Gasteiger partial charge < -0.3 is 10.6 Å². The Balaban J connectivity index is 2.13. The van der Waals surface area contributed by atoms with Gasteiger partial charge in [0.25, 0.3) is 0 Å². The highest BCUT2D eigenvalue weighted by Crippen LogP contribution is 1.86. The molecule has 0 bridgehead atoms. The molecule has 48 valence electrons. The van der Waals surface area contributed by atoms with Crippen molar-refractivity contribution in [1.29, 1.82) is 0 Å². The van der Waals surface area contributed by atoms with Gasteiger partial charge in [0.05, 0.1) is 19.1 Å². The normalized spacial score (nSPS) is 30.4. The molecule has 0 spiro atoms. The molecule has 3 N–H and O–H groups in total. The summed E-state index contributed by atoms with van der Waals surface area (Å²) in [6.07, 6.45) is 1.27. The van der Waals surface area contributed by atoms with E-state index < -0.39 is 0 Å². The maximum Gasteiger partial charge on any atom is 0.0911 e. The Bertz CT molecular complexity index is 57.5. The first-order valence-electron chi connectivity index (χ1n) is 3.48. The molecule has 0 aromatic rings. The first-order chi connectivity index (χ1) is 3.93. The lowest BCUT2D eigenvalue weighted by molar-refractivity contribution is -0.662. The van der Waals surface area contributed by atoms with Gasteiger partial charge in [-0.2, -0.15) is 0 Å². The van der Waals surface area contributed by atoms with Gasteiger partial charge in [-0.05, 0) is 6.42 Å². The number of nitrogens with two attached hydrogens (primary N) is 1. The predicted molar refractivity (Wildman–Crippen MR) is 33.7 cm³/mol. The molecular weight excluding hydrogens is 100 g/mol. The van der Waals surface area contributed by atoms with E-state index in [1.165, 1.54) is 26.1 Å². The van der Waals surface area contributed by atoms with Crippen LogP contribution < -0.4 is 10.6 Å². The Labute approximate surface area is 50.7 Å². The summed E-state index contributed by atoms with van der Waals surface area (Å²) in [4.78, 5) is 0. The van der Waals surface area contributed by atoms with Gasteiger partial charge in [-0.25, -0.2) is 0 Å². The van der Waals surface area contributed by atoms with Crippen LogP contribution in [0.1, 0.15) is 13.3 Å². The Morgan fingerprint density at radius 1 is 1.75 bits per heavy atom. The molecule has 1 aliphatic rings. The zero-order chi connectivity index (χ0) is 5.82. The molecule has 0 saturated carbocycles. The van der Waals surface area contributed by atoms with Crippen LogP contribution in [-0.4, -0.2) is 25.7 Å². The van der Waals surface area contributed by atoms with Gasteiger partial charge in [-0.15, -0.1) is 0 Å². The summed E-state index contributed by atoms with van der Waals surface area (Å²) in [5, 5.41) is 5.82. The number of piperazine rings is 1. The van der Waals surface area contributed by atoms with E-state index in [1.54, 1.807) is 0 Å². The number of nitrogens with one attached hydrogen (secondary N) is 1. The molecule has 2 nitrogen and oxygen atoms in total. The van der Waals surface area contributed by atoms with E-state index in [9.17, 15) is 0 Å². The second-order valence-electron chi connectivity index (χ2n) is 2.37. The van der Waals surface area contributed by atoms with Crippen LogP contribution in [0.4, 0.5) is 0 Å². The lowest BCUT2D eigenvalue weighted by Crippen LogP contribution is -2.91. The fourth-order valence-corrected chi connectivity index (χ4v) is 1.10. The van der Waals surface area contributed by atoms with Gasteiger partial charge in [-0.3, -0.25) is 0 Å². The number of rotatable bonds is 1. The van der Waals surface area contributed by atoms with Crippen LogP contribution in [-0.2, 0) is 0 Å². The Morgan fingerprint density at radius 2 is 2.62 bits per heavy atom. The van der Waals surface area contributed by atoms with Crippen molar-refractivity contribution in [3.05, 3.63) is 0 Å². The van der Waals surface area contributed by atoms with E-state index in [1.807, 2.05) is 0 Å². The molecule has 1 saturated heterocycles. The summed E-state index contributed by atoms with van der Waals surface area (Å²) in [6.45, 7) is 5.96. The maximum absolute atomic E-state index is 3.44. The quantitative estimate of drug-likeness (QED) is 0.448.